The van der Waals surface area contributed by atoms with Gasteiger partial charge in [-0.2, -0.15) is 0 Å². The fraction of sp³-hybridized carbons (Fsp3) is 0.836. The molecule has 356 valence electrons. The molecule has 0 saturated carbocycles. The Morgan fingerprint density at radius 1 is 0.328 bits per heavy atom. The molecule has 0 unspecified atom stereocenters. The summed E-state index contributed by atoms with van der Waals surface area (Å²) >= 11 is 0. The summed E-state index contributed by atoms with van der Waals surface area (Å²) in [5, 5.41) is 0. The second-order valence-electron chi connectivity index (χ2n) is 17.8. The van der Waals surface area contributed by atoms with Gasteiger partial charge < -0.3 is 14.2 Å². The van der Waals surface area contributed by atoms with Gasteiger partial charge in [-0.25, -0.2) is 0 Å². The molecule has 0 N–H and O–H groups in total. The zero-order valence-corrected chi connectivity index (χ0v) is 40.7. The van der Waals surface area contributed by atoms with Crippen LogP contribution in [0.1, 0.15) is 278 Å². The maximum atomic E-state index is 12.8. The Bertz CT molecular complexity index is 1030. The molecule has 0 amide bonds. The Morgan fingerprint density at radius 3 is 0.951 bits per heavy atom. The lowest BCUT2D eigenvalue weighted by Gasteiger charge is -2.18. The van der Waals surface area contributed by atoms with E-state index in [2.05, 4.69) is 57.2 Å². The predicted octanol–water partition coefficient (Wildman–Crippen LogP) is 17.3. The first-order valence-corrected chi connectivity index (χ1v) is 26.5. The van der Waals surface area contributed by atoms with Crippen molar-refractivity contribution in [2.24, 2.45) is 0 Å². The number of carbonyl (C=O) groups is 3. The van der Waals surface area contributed by atoms with E-state index in [1.807, 2.05) is 0 Å². The Morgan fingerprint density at radius 2 is 0.590 bits per heavy atom. The maximum absolute atomic E-state index is 12.8. The van der Waals surface area contributed by atoms with Gasteiger partial charge in [0.1, 0.15) is 13.2 Å². The molecule has 0 fully saturated rings. The number of allylic oxidation sites excluding steroid dienone is 6. The molecule has 0 aliphatic carbocycles. The van der Waals surface area contributed by atoms with Gasteiger partial charge in [-0.15, -0.1) is 0 Å². The van der Waals surface area contributed by atoms with Crippen molar-refractivity contribution in [3.63, 3.8) is 0 Å². The number of rotatable bonds is 48. The van der Waals surface area contributed by atoms with E-state index in [0.29, 0.717) is 19.3 Å². The monoisotopic (exact) mass is 857 g/mol. The number of hydrogen-bond acceptors (Lipinski definition) is 6. The van der Waals surface area contributed by atoms with Crippen LogP contribution in [-0.2, 0) is 28.6 Å². The second kappa shape index (κ2) is 50.3. The highest BCUT2D eigenvalue weighted by molar-refractivity contribution is 5.71. The first-order chi connectivity index (χ1) is 30.0. The van der Waals surface area contributed by atoms with Gasteiger partial charge in [-0.1, -0.05) is 218 Å². The molecule has 0 aromatic heterocycles. The topological polar surface area (TPSA) is 78.9 Å². The van der Waals surface area contributed by atoms with Crippen molar-refractivity contribution >= 4 is 17.9 Å². The summed E-state index contributed by atoms with van der Waals surface area (Å²) in [5.74, 6) is -0.888. The molecule has 6 nitrogen and oxygen atoms in total. The SMILES string of the molecule is CCCCC/C=C\C/C=C\CCCCCCCC(=O)OC[C@@H](COC(=O)CCCCCCC/C=C\CCCCCCCC)OC(=O)CCCCCCCCCCCCCCC. The van der Waals surface area contributed by atoms with E-state index < -0.39 is 6.10 Å². The van der Waals surface area contributed by atoms with Crippen LogP contribution in [0.5, 0.6) is 0 Å². The molecule has 0 aromatic rings. The van der Waals surface area contributed by atoms with E-state index in [1.165, 1.54) is 154 Å². The maximum Gasteiger partial charge on any atom is 0.306 e. The molecule has 0 aromatic carbocycles. The van der Waals surface area contributed by atoms with E-state index in [1.54, 1.807) is 0 Å². The van der Waals surface area contributed by atoms with Gasteiger partial charge in [-0.05, 0) is 77.0 Å². The number of ether oxygens (including phenoxy) is 3. The molecule has 0 heterocycles. The normalized spacial score (nSPS) is 12.2. The third kappa shape index (κ3) is 48.5. The van der Waals surface area contributed by atoms with Crippen LogP contribution < -0.4 is 0 Å². The van der Waals surface area contributed by atoms with Crippen LogP contribution in [0.3, 0.4) is 0 Å². The number of esters is 3. The van der Waals surface area contributed by atoms with Crippen molar-refractivity contribution in [2.75, 3.05) is 13.2 Å². The largest absolute Gasteiger partial charge is 0.462 e. The lowest BCUT2D eigenvalue weighted by atomic mass is 10.0. The van der Waals surface area contributed by atoms with E-state index in [-0.39, 0.29) is 31.1 Å². The minimum Gasteiger partial charge on any atom is -0.462 e. The minimum absolute atomic E-state index is 0.0782. The van der Waals surface area contributed by atoms with Crippen molar-refractivity contribution in [1.29, 1.82) is 0 Å². The van der Waals surface area contributed by atoms with Gasteiger partial charge in [0.25, 0.3) is 0 Å². The van der Waals surface area contributed by atoms with Gasteiger partial charge in [0.15, 0.2) is 6.10 Å². The summed E-state index contributed by atoms with van der Waals surface area (Å²) in [4.78, 5) is 38.0. The van der Waals surface area contributed by atoms with Crippen molar-refractivity contribution in [3.05, 3.63) is 36.5 Å². The van der Waals surface area contributed by atoms with Crippen molar-refractivity contribution in [2.45, 2.75) is 284 Å². The van der Waals surface area contributed by atoms with Gasteiger partial charge in [0, 0.05) is 19.3 Å². The number of hydrogen-bond donors (Lipinski definition) is 0. The van der Waals surface area contributed by atoms with Gasteiger partial charge >= 0.3 is 17.9 Å². The van der Waals surface area contributed by atoms with Crippen LogP contribution in [0, 0.1) is 0 Å². The Balaban J connectivity index is 4.38. The molecular formula is C55H100O6. The Kier molecular flexibility index (Phi) is 48.3. The fourth-order valence-electron chi connectivity index (χ4n) is 7.59. The first-order valence-electron chi connectivity index (χ1n) is 26.5. The molecule has 0 aliphatic rings. The standard InChI is InChI=1S/C55H100O6/c1-4-7-10-13-16-19-22-25-27-30-32-35-38-41-44-47-53(56)59-50-52(61-55(58)49-46-43-40-37-34-29-24-21-18-15-12-9-6-3)51-60-54(57)48-45-42-39-36-33-31-28-26-23-20-17-14-11-8-5-2/h16,19,25-28,52H,4-15,17-18,20-24,29-51H2,1-3H3/b19-16-,27-25-,28-26-/t52-/m0/s1. The second-order valence-corrected chi connectivity index (χ2v) is 17.8. The minimum atomic E-state index is -0.777. The van der Waals surface area contributed by atoms with Gasteiger partial charge in [0.2, 0.25) is 0 Å². The molecule has 0 bridgehead atoms. The molecule has 6 heteroatoms. The van der Waals surface area contributed by atoms with Crippen LogP contribution in [0.4, 0.5) is 0 Å². The van der Waals surface area contributed by atoms with E-state index in [4.69, 9.17) is 14.2 Å². The molecule has 0 saturated heterocycles. The molecular weight excluding hydrogens is 757 g/mol. The first kappa shape index (κ1) is 58.6. The lowest BCUT2D eigenvalue weighted by Crippen LogP contribution is -2.30. The summed E-state index contributed by atoms with van der Waals surface area (Å²) in [7, 11) is 0. The average molecular weight is 857 g/mol. The smallest absolute Gasteiger partial charge is 0.306 e. The van der Waals surface area contributed by atoms with Crippen molar-refractivity contribution in [3.8, 4) is 0 Å². The Labute approximate surface area is 378 Å². The highest BCUT2D eigenvalue weighted by Gasteiger charge is 2.19. The molecule has 0 aliphatic heterocycles. The summed E-state index contributed by atoms with van der Waals surface area (Å²) < 4.78 is 16.8. The fourth-order valence-corrected chi connectivity index (χ4v) is 7.59. The van der Waals surface area contributed by atoms with Crippen LogP contribution >= 0.6 is 0 Å². The zero-order valence-electron chi connectivity index (χ0n) is 40.7. The molecule has 0 rings (SSSR count). The van der Waals surface area contributed by atoms with Crippen LogP contribution in [-0.4, -0.2) is 37.2 Å². The number of unbranched alkanes of at least 4 members (excludes halogenated alkanes) is 31. The van der Waals surface area contributed by atoms with Crippen molar-refractivity contribution < 1.29 is 28.6 Å². The van der Waals surface area contributed by atoms with Gasteiger partial charge in [-0.3, -0.25) is 14.4 Å². The average Bonchev–Trinajstić information content (AvgIpc) is 3.26. The third-order valence-electron chi connectivity index (χ3n) is 11.6. The van der Waals surface area contributed by atoms with Crippen LogP contribution in [0.15, 0.2) is 36.5 Å². The predicted molar refractivity (Wildman–Crippen MR) is 261 cm³/mol. The summed E-state index contributed by atoms with van der Waals surface area (Å²) in [6, 6.07) is 0. The van der Waals surface area contributed by atoms with Crippen LogP contribution in [0.2, 0.25) is 0 Å². The summed E-state index contributed by atoms with van der Waals surface area (Å²) in [5.41, 5.74) is 0. The third-order valence-corrected chi connectivity index (χ3v) is 11.6. The quantitative estimate of drug-likeness (QED) is 0.0262. The lowest BCUT2D eigenvalue weighted by molar-refractivity contribution is -0.167. The molecule has 61 heavy (non-hydrogen) atoms. The van der Waals surface area contributed by atoms with E-state index in [0.717, 1.165) is 83.5 Å². The Hall–Kier alpha value is -2.37. The summed E-state index contributed by atoms with van der Waals surface area (Å²) in [6.45, 7) is 6.61. The molecule has 1 atom stereocenters. The highest BCUT2D eigenvalue weighted by atomic mass is 16.6. The van der Waals surface area contributed by atoms with E-state index >= 15 is 0 Å². The summed E-state index contributed by atoms with van der Waals surface area (Å²) in [6.07, 6.45) is 58.3. The van der Waals surface area contributed by atoms with E-state index in [9.17, 15) is 14.4 Å². The molecule has 0 radical (unpaired) electrons. The molecule has 0 spiro atoms. The van der Waals surface area contributed by atoms with Crippen LogP contribution in [0.25, 0.3) is 0 Å². The number of carbonyl (C=O) groups excluding carboxylic acids is 3. The highest BCUT2D eigenvalue weighted by Crippen LogP contribution is 2.15. The zero-order chi connectivity index (χ0) is 44.4. The van der Waals surface area contributed by atoms with Crippen molar-refractivity contribution in [1.82, 2.24) is 0 Å². The van der Waals surface area contributed by atoms with Gasteiger partial charge in [0.05, 0.1) is 0 Å².